The smallest absolute Gasteiger partial charge is 0.308 e. The lowest BCUT2D eigenvalue weighted by atomic mass is 10.2. The van der Waals surface area contributed by atoms with Crippen LogP contribution in [0, 0.1) is 12.8 Å². The van der Waals surface area contributed by atoms with Crippen molar-refractivity contribution in [3.05, 3.63) is 34.8 Å². The van der Waals surface area contributed by atoms with Crippen molar-refractivity contribution in [1.29, 1.82) is 0 Å². The van der Waals surface area contributed by atoms with Crippen LogP contribution in [0.15, 0.2) is 24.3 Å². The van der Waals surface area contributed by atoms with E-state index in [9.17, 15) is 9.59 Å². The predicted octanol–water partition coefficient (Wildman–Crippen LogP) is 3.31. The Morgan fingerprint density at radius 2 is 1.96 bits per heavy atom. The van der Waals surface area contributed by atoms with Crippen molar-refractivity contribution in [2.75, 3.05) is 20.2 Å². The maximum Gasteiger partial charge on any atom is 0.308 e. The van der Waals surface area contributed by atoms with Gasteiger partial charge in [-0.3, -0.25) is 9.59 Å². The van der Waals surface area contributed by atoms with E-state index in [1.807, 2.05) is 31.2 Å². The van der Waals surface area contributed by atoms with E-state index in [1.54, 1.807) is 20.9 Å². The van der Waals surface area contributed by atoms with Gasteiger partial charge in [0.25, 0.3) is 5.91 Å². The minimum atomic E-state index is -0.921. The second-order valence-electron chi connectivity index (χ2n) is 5.82. The molecule has 2 aromatic rings. The molecule has 134 valence electrons. The number of carbonyl (C=O) groups excluding carboxylic acids is 1. The number of nitrogens with zero attached hydrogens (tertiary/aromatic N) is 2. The molecule has 25 heavy (non-hydrogen) atoms. The van der Waals surface area contributed by atoms with Crippen LogP contribution in [-0.4, -0.2) is 47.1 Å². The summed E-state index contributed by atoms with van der Waals surface area (Å²) < 4.78 is 5.43. The second-order valence-corrected chi connectivity index (χ2v) is 6.81. The van der Waals surface area contributed by atoms with E-state index in [4.69, 9.17) is 9.84 Å². The number of carboxylic acid groups (broad SMARTS) is 1. The summed E-state index contributed by atoms with van der Waals surface area (Å²) in [6.07, 6.45) is 0. The summed E-state index contributed by atoms with van der Waals surface area (Å²) in [6, 6.07) is 7.57. The molecule has 0 aliphatic carbocycles. The average Bonchev–Trinajstić information content (AvgIpc) is 2.96. The molecule has 1 amide bonds. The highest BCUT2D eigenvalue weighted by molar-refractivity contribution is 7.17. The third-order valence-corrected chi connectivity index (χ3v) is 4.91. The van der Waals surface area contributed by atoms with Crippen LogP contribution in [0.1, 0.15) is 29.2 Å². The van der Waals surface area contributed by atoms with Gasteiger partial charge in [-0.1, -0.05) is 6.92 Å². The molecule has 1 N–H and O–H groups in total. The second kappa shape index (κ2) is 8.11. The SMILES string of the molecule is CCOc1ccc(-c2nc(C)c(C(=O)N(C)CC(C)C(=O)O)s2)cc1. The van der Waals surface area contributed by atoms with Crippen molar-refractivity contribution in [2.45, 2.75) is 20.8 Å². The predicted molar refractivity (Wildman–Crippen MR) is 97.2 cm³/mol. The number of aliphatic carboxylic acids is 1. The summed E-state index contributed by atoms with van der Waals surface area (Å²) in [5.74, 6) is -0.956. The van der Waals surface area contributed by atoms with Crippen molar-refractivity contribution in [1.82, 2.24) is 9.88 Å². The molecule has 1 atom stereocenters. The molecule has 0 saturated heterocycles. The van der Waals surface area contributed by atoms with E-state index in [0.717, 1.165) is 16.3 Å². The Labute approximate surface area is 151 Å². The summed E-state index contributed by atoms with van der Waals surface area (Å²) in [5.41, 5.74) is 1.56. The Bertz CT molecular complexity index is 755. The maximum atomic E-state index is 12.6. The van der Waals surface area contributed by atoms with Gasteiger partial charge in [0.15, 0.2) is 0 Å². The number of aromatic nitrogens is 1. The number of aryl methyl sites for hydroxylation is 1. The Balaban J connectivity index is 2.18. The van der Waals surface area contributed by atoms with E-state index in [2.05, 4.69) is 4.98 Å². The van der Waals surface area contributed by atoms with E-state index in [-0.39, 0.29) is 12.5 Å². The minimum Gasteiger partial charge on any atom is -0.494 e. The van der Waals surface area contributed by atoms with Crippen molar-refractivity contribution >= 4 is 23.2 Å². The largest absolute Gasteiger partial charge is 0.494 e. The molecule has 0 spiro atoms. The van der Waals surface area contributed by atoms with Gasteiger partial charge < -0.3 is 14.7 Å². The topological polar surface area (TPSA) is 79.7 Å². The van der Waals surface area contributed by atoms with E-state index in [1.165, 1.54) is 16.2 Å². The van der Waals surface area contributed by atoms with E-state index in [0.29, 0.717) is 17.2 Å². The van der Waals surface area contributed by atoms with Crippen LogP contribution in [0.3, 0.4) is 0 Å². The van der Waals surface area contributed by atoms with Gasteiger partial charge in [-0.25, -0.2) is 4.98 Å². The summed E-state index contributed by atoms with van der Waals surface area (Å²) in [6.45, 7) is 6.06. The lowest BCUT2D eigenvalue weighted by Gasteiger charge is -2.18. The molecular weight excluding hydrogens is 340 g/mol. The lowest BCUT2D eigenvalue weighted by molar-refractivity contribution is -0.141. The molecule has 0 radical (unpaired) electrons. The standard InChI is InChI=1S/C18H22N2O4S/c1-5-24-14-8-6-13(7-9-14)16-19-12(3)15(25-16)17(21)20(4)10-11(2)18(22)23/h6-9,11H,5,10H2,1-4H3,(H,22,23). The quantitative estimate of drug-likeness (QED) is 0.817. The van der Waals surface area contributed by atoms with Crippen LogP contribution in [0.25, 0.3) is 10.6 Å². The van der Waals surface area contributed by atoms with Crippen LogP contribution in [0.4, 0.5) is 0 Å². The highest BCUT2D eigenvalue weighted by Crippen LogP contribution is 2.30. The zero-order chi connectivity index (χ0) is 18.6. The van der Waals surface area contributed by atoms with Crippen molar-refractivity contribution in [2.24, 2.45) is 5.92 Å². The zero-order valence-electron chi connectivity index (χ0n) is 14.8. The molecule has 6 nitrogen and oxygen atoms in total. The van der Waals surface area contributed by atoms with Gasteiger partial charge in [0.2, 0.25) is 0 Å². The molecule has 1 heterocycles. The van der Waals surface area contributed by atoms with Crippen molar-refractivity contribution in [3.63, 3.8) is 0 Å². The molecule has 0 fully saturated rings. The number of amides is 1. The fourth-order valence-electron chi connectivity index (χ4n) is 2.32. The van der Waals surface area contributed by atoms with E-state index < -0.39 is 11.9 Å². The zero-order valence-corrected chi connectivity index (χ0v) is 15.6. The first-order valence-electron chi connectivity index (χ1n) is 8.02. The van der Waals surface area contributed by atoms with E-state index >= 15 is 0 Å². The fraction of sp³-hybridized carbons (Fsp3) is 0.389. The third-order valence-electron chi connectivity index (χ3n) is 3.72. The summed E-state index contributed by atoms with van der Waals surface area (Å²) >= 11 is 1.31. The van der Waals surface area contributed by atoms with Gasteiger partial charge in [-0.2, -0.15) is 0 Å². The molecule has 0 aliphatic rings. The number of benzene rings is 1. The minimum absolute atomic E-state index is 0.157. The summed E-state index contributed by atoms with van der Waals surface area (Å²) in [4.78, 5) is 30.0. The van der Waals surface area contributed by atoms with Crippen LogP contribution in [0.5, 0.6) is 5.75 Å². The molecule has 0 bridgehead atoms. The van der Waals surface area contributed by atoms with Gasteiger partial charge in [0.1, 0.15) is 15.6 Å². The van der Waals surface area contributed by atoms with Gasteiger partial charge in [-0.05, 0) is 38.1 Å². The van der Waals surface area contributed by atoms with Gasteiger partial charge >= 0.3 is 5.97 Å². The number of carboxylic acids is 1. The Morgan fingerprint density at radius 1 is 1.32 bits per heavy atom. The summed E-state index contributed by atoms with van der Waals surface area (Å²) in [7, 11) is 1.61. The number of thiazole rings is 1. The molecule has 1 aromatic carbocycles. The maximum absolute atomic E-state index is 12.6. The molecule has 0 saturated carbocycles. The number of rotatable bonds is 7. The Kier molecular flexibility index (Phi) is 6.14. The molecular formula is C18H22N2O4S. The number of ether oxygens (including phenoxy) is 1. The van der Waals surface area contributed by atoms with Crippen LogP contribution in [-0.2, 0) is 4.79 Å². The third kappa shape index (κ3) is 4.57. The first-order valence-corrected chi connectivity index (χ1v) is 8.84. The summed E-state index contributed by atoms with van der Waals surface area (Å²) in [5, 5.41) is 9.75. The highest BCUT2D eigenvalue weighted by atomic mass is 32.1. The van der Waals surface area contributed by atoms with Gasteiger partial charge in [0, 0.05) is 19.2 Å². The van der Waals surface area contributed by atoms with Gasteiger partial charge in [0.05, 0.1) is 18.2 Å². The molecule has 0 aliphatic heterocycles. The number of hydrogen-bond acceptors (Lipinski definition) is 5. The Hall–Kier alpha value is -2.41. The van der Waals surface area contributed by atoms with Crippen molar-refractivity contribution < 1.29 is 19.4 Å². The monoisotopic (exact) mass is 362 g/mol. The number of hydrogen-bond donors (Lipinski definition) is 1. The normalized spacial score (nSPS) is 11.8. The van der Waals surface area contributed by atoms with Crippen molar-refractivity contribution in [3.8, 4) is 16.3 Å². The van der Waals surface area contributed by atoms with Crippen LogP contribution >= 0.6 is 11.3 Å². The molecule has 1 unspecified atom stereocenters. The highest BCUT2D eigenvalue weighted by Gasteiger charge is 2.22. The Morgan fingerprint density at radius 3 is 2.52 bits per heavy atom. The fourth-order valence-corrected chi connectivity index (χ4v) is 3.39. The molecule has 2 rings (SSSR count). The van der Waals surface area contributed by atoms with Crippen LogP contribution < -0.4 is 4.74 Å². The van der Waals surface area contributed by atoms with Gasteiger partial charge in [-0.15, -0.1) is 11.3 Å². The number of carbonyl (C=O) groups is 2. The molecule has 1 aromatic heterocycles. The van der Waals surface area contributed by atoms with Crippen LogP contribution in [0.2, 0.25) is 0 Å². The average molecular weight is 362 g/mol. The first kappa shape index (κ1) is 18.9. The molecule has 7 heteroatoms. The first-order chi connectivity index (χ1) is 11.8. The lowest BCUT2D eigenvalue weighted by Crippen LogP contribution is -2.33.